The first kappa shape index (κ1) is 10.2. The van der Waals surface area contributed by atoms with Gasteiger partial charge in [-0.05, 0) is 6.07 Å². The fraction of sp³-hybridized carbons (Fsp3) is 0.222. The smallest absolute Gasteiger partial charge is 0.233 e. The van der Waals surface area contributed by atoms with Crippen molar-refractivity contribution in [1.82, 2.24) is 15.0 Å². The van der Waals surface area contributed by atoms with Crippen LogP contribution in [0.15, 0.2) is 23.0 Å². The van der Waals surface area contributed by atoms with Crippen molar-refractivity contribution >= 4 is 23.5 Å². The number of hydrogen-bond acceptors (Lipinski definition) is 7. The number of aromatic nitrogens is 3. The summed E-state index contributed by atoms with van der Waals surface area (Å²) in [6.45, 7) is 0. The molecule has 0 aromatic carbocycles. The Morgan fingerprint density at radius 3 is 2.12 bits per heavy atom. The van der Waals surface area contributed by atoms with E-state index in [2.05, 4.69) is 30.9 Å². The Balaban J connectivity index is 2.26. The molecule has 0 unspecified atom stereocenters. The van der Waals surface area contributed by atoms with E-state index in [1.54, 1.807) is 32.7 Å². The highest BCUT2D eigenvalue weighted by molar-refractivity contribution is 5.53. The Hall–Kier alpha value is -2.31. The van der Waals surface area contributed by atoms with Gasteiger partial charge in [-0.15, -0.1) is 0 Å². The zero-order valence-electron chi connectivity index (χ0n) is 8.98. The number of nitrogens with zero attached hydrogens (tertiary/aromatic N) is 3. The van der Waals surface area contributed by atoms with Crippen LogP contribution >= 0.6 is 0 Å². The van der Waals surface area contributed by atoms with Gasteiger partial charge in [0.05, 0.1) is 12.0 Å². The van der Waals surface area contributed by atoms with Crippen molar-refractivity contribution < 1.29 is 4.42 Å². The largest absolute Gasteiger partial charge is 0.470 e. The third kappa shape index (κ3) is 2.19. The molecule has 0 spiro atoms. The van der Waals surface area contributed by atoms with Gasteiger partial charge in [-0.25, -0.2) is 0 Å². The predicted octanol–water partition coefficient (Wildman–Crippen LogP) is 1.29. The minimum absolute atomic E-state index is 0.449. The van der Waals surface area contributed by atoms with Crippen LogP contribution in [-0.4, -0.2) is 29.0 Å². The van der Waals surface area contributed by atoms with E-state index >= 15 is 0 Å². The molecule has 7 nitrogen and oxygen atoms in total. The van der Waals surface area contributed by atoms with Crippen molar-refractivity contribution in [2.45, 2.75) is 0 Å². The third-order valence-corrected chi connectivity index (χ3v) is 1.86. The first-order valence-electron chi connectivity index (χ1n) is 4.72. The van der Waals surface area contributed by atoms with E-state index in [0.717, 1.165) is 5.69 Å². The van der Waals surface area contributed by atoms with Crippen LogP contribution in [0.5, 0.6) is 0 Å². The molecule has 2 aromatic rings. The van der Waals surface area contributed by atoms with E-state index < -0.39 is 0 Å². The lowest BCUT2D eigenvalue weighted by molar-refractivity contribution is 0.568. The van der Waals surface area contributed by atoms with E-state index in [9.17, 15) is 0 Å². The Morgan fingerprint density at radius 1 is 1.00 bits per heavy atom. The number of hydrogen-bond donors (Lipinski definition) is 3. The molecule has 0 aliphatic rings. The molecule has 0 radical (unpaired) electrons. The maximum Gasteiger partial charge on any atom is 0.233 e. The summed E-state index contributed by atoms with van der Waals surface area (Å²) in [4.78, 5) is 12.4. The summed E-state index contributed by atoms with van der Waals surface area (Å²) < 4.78 is 4.93. The van der Waals surface area contributed by atoms with Gasteiger partial charge < -0.3 is 20.4 Å². The molecule has 16 heavy (non-hydrogen) atoms. The molecule has 84 valence electrons. The zero-order chi connectivity index (χ0) is 11.4. The minimum Gasteiger partial charge on any atom is -0.470 e. The van der Waals surface area contributed by atoms with Crippen molar-refractivity contribution in [3.8, 4) is 0 Å². The first-order valence-corrected chi connectivity index (χ1v) is 4.72. The summed E-state index contributed by atoms with van der Waals surface area (Å²) in [5, 5.41) is 8.71. The van der Waals surface area contributed by atoms with Crippen LogP contribution in [0.3, 0.4) is 0 Å². The van der Waals surface area contributed by atoms with Crippen LogP contribution in [-0.2, 0) is 0 Å². The van der Waals surface area contributed by atoms with Crippen LogP contribution in [0.25, 0.3) is 0 Å². The second kappa shape index (κ2) is 4.47. The lowest BCUT2D eigenvalue weighted by atomic mass is 10.5. The van der Waals surface area contributed by atoms with Gasteiger partial charge >= 0.3 is 0 Å². The summed E-state index contributed by atoms with van der Waals surface area (Å²) in [5.74, 6) is 1.43. The molecular formula is C9H12N6O. The van der Waals surface area contributed by atoms with Gasteiger partial charge in [-0.1, -0.05) is 0 Å². The van der Waals surface area contributed by atoms with Crippen molar-refractivity contribution in [3.63, 3.8) is 0 Å². The van der Waals surface area contributed by atoms with E-state index in [-0.39, 0.29) is 0 Å². The Kier molecular flexibility index (Phi) is 2.86. The van der Waals surface area contributed by atoms with Crippen LogP contribution < -0.4 is 16.0 Å². The summed E-state index contributed by atoms with van der Waals surface area (Å²) in [6.07, 6.45) is 3.14. The summed E-state index contributed by atoms with van der Waals surface area (Å²) in [7, 11) is 3.49. The molecule has 0 aliphatic carbocycles. The maximum atomic E-state index is 4.93. The normalized spacial score (nSPS) is 9.88. The quantitative estimate of drug-likeness (QED) is 0.715. The highest BCUT2D eigenvalue weighted by atomic mass is 16.3. The number of anilines is 4. The van der Waals surface area contributed by atoms with E-state index in [1.165, 1.54) is 0 Å². The molecule has 2 aromatic heterocycles. The van der Waals surface area contributed by atoms with Gasteiger partial charge in [0.2, 0.25) is 17.8 Å². The van der Waals surface area contributed by atoms with Gasteiger partial charge in [0.1, 0.15) is 6.26 Å². The summed E-state index contributed by atoms with van der Waals surface area (Å²) in [6, 6.07) is 1.78. The van der Waals surface area contributed by atoms with Gasteiger partial charge in [0, 0.05) is 14.1 Å². The fourth-order valence-electron chi connectivity index (χ4n) is 1.12. The molecule has 3 N–H and O–H groups in total. The van der Waals surface area contributed by atoms with Crippen molar-refractivity contribution in [2.24, 2.45) is 0 Å². The lowest BCUT2D eigenvalue weighted by Gasteiger charge is -2.06. The minimum atomic E-state index is 0.449. The van der Waals surface area contributed by atoms with Crippen LogP contribution in [0.1, 0.15) is 0 Å². The molecular weight excluding hydrogens is 208 g/mol. The molecule has 0 saturated heterocycles. The monoisotopic (exact) mass is 220 g/mol. The van der Waals surface area contributed by atoms with E-state index in [1.807, 2.05) is 0 Å². The van der Waals surface area contributed by atoms with Gasteiger partial charge in [0.25, 0.3) is 0 Å². The molecule has 2 heterocycles. The summed E-state index contributed by atoms with van der Waals surface area (Å²) >= 11 is 0. The topological polar surface area (TPSA) is 87.9 Å². The third-order valence-electron chi connectivity index (χ3n) is 1.86. The summed E-state index contributed by atoms with van der Waals surface area (Å²) in [5.41, 5.74) is 0.787. The highest BCUT2D eigenvalue weighted by Gasteiger charge is 2.04. The molecule has 0 atom stereocenters. The van der Waals surface area contributed by atoms with Crippen molar-refractivity contribution in [3.05, 3.63) is 18.6 Å². The van der Waals surface area contributed by atoms with E-state index in [4.69, 9.17) is 4.42 Å². The average molecular weight is 220 g/mol. The van der Waals surface area contributed by atoms with Crippen molar-refractivity contribution in [2.75, 3.05) is 30.0 Å². The van der Waals surface area contributed by atoms with Gasteiger partial charge in [-0.2, -0.15) is 15.0 Å². The van der Waals surface area contributed by atoms with Crippen molar-refractivity contribution in [1.29, 1.82) is 0 Å². The standard InChI is InChI=1S/C9H12N6O/c1-10-7-13-8(11-2)15-9(14-7)12-6-3-4-16-5-6/h3-5H,1-2H3,(H3,10,11,12,13,14,15). The van der Waals surface area contributed by atoms with Crippen LogP contribution in [0.4, 0.5) is 23.5 Å². The number of rotatable bonds is 4. The molecule has 0 amide bonds. The van der Waals surface area contributed by atoms with E-state index in [0.29, 0.717) is 17.8 Å². The molecule has 2 rings (SSSR count). The number of furan rings is 1. The fourth-order valence-corrected chi connectivity index (χ4v) is 1.12. The van der Waals surface area contributed by atoms with Gasteiger partial charge in [0.15, 0.2) is 0 Å². The maximum absolute atomic E-state index is 4.93. The Labute approximate surface area is 92.3 Å². The second-order valence-corrected chi connectivity index (χ2v) is 2.94. The average Bonchev–Trinajstić information content (AvgIpc) is 2.81. The highest BCUT2D eigenvalue weighted by Crippen LogP contribution is 2.15. The molecule has 0 saturated carbocycles. The van der Waals surface area contributed by atoms with Gasteiger partial charge in [-0.3, -0.25) is 0 Å². The Morgan fingerprint density at radius 2 is 1.62 bits per heavy atom. The van der Waals surface area contributed by atoms with Crippen LogP contribution in [0.2, 0.25) is 0 Å². The Bertz CT molecular complexity index is 433. The molecule has 7 heteroatoms. The lowest BCUT2D eigenvalue weighted by Crippen LogP contribution is -2.06. The molecule has 0 bridgehead atoms. The zero-order valence-corrected chi connectivity index (χ0v) is 8.98. The predicted molar refractivity (Wildman–Crippen MR) is 60.9 cm³/mol. The number of nitrogens with one attached hydrogen (secondary N) is 3. The SMILES string of the molecule is CNc1nc(NC)nc(Nc2ccoc2)n1. The second-order valence-electron chi connectivity index (χ2n) is 2.94. The molecule has 0 fully saturated rings. The molecule has 0 aliphatic heterocycles. The van der Waals surface area contributed by atoms with Crippen LogP contribution in [0, 0.1) is 0 Å². The first-order chi connectivity index (χ1) is 7.81.